The molecular weight excluding hydrogens is 509 g/mol. The molecule has 5 nitrogen and oxygen atoms in total. The molecule has 0 radical (unpaired) electrons. The molecule has 2 fully saturated rings. The standard InChI is InChI=1S/C28H35BrFN3O2/c1-35-26-18-22(30)11-13-25(26)32-16-14-31(15-17-32)19-23-12-10-20-8-5-9-24(29)27(20)33(23)28(34)21-6-3-2-4-7-21/h5,8-9,11,13,18,21,23H,2-4,6-7,10,12,14-17,19H2,1H3. The molecule has 1 unspecified atom stereocenters. The number of nitrogens with zero attached hydrogens (tertiary/aromatic N) is 3. The molecule has 1 aliphatic carbocycles. The summed E-state index contributed by atoms with van der Waals surface area (Å²) in [7, 11) is 1.59. The van der Waals surface area contributed by atoms with E-state index < -0.39 is 0 Å². The van der Waals surface area contributed by atoms with E-state index in [1.807, 2.05) is 6.07 Å². The Kier molecular flexibility index (Phi) is 7.63. The van der Waals surface area contributed by atoms with Crippen molar-refractivity contribution in [3.8, 4) is 5.75 Å². The molecular formula is C28H35BrFN3O2. The van der Waals surface area contributed by atoms with Crippen molar-refractivity contribution >= 4 is 33.2 Å². The summed E-state index contributed by atoms with van der Waals surface area (Å²) in [5, 5.41) is 0. The monoisotopic (exact) mass is 543 g/mol. The number of carbonyl (C=O) groups is 1. The van der Waals surface area contributed by atoms with Gasteiger partial charge in [-0.1, -0.05) is 31.4 Å². The van der Waals surface area contributed by atoms with E-state index in [-0.39, 0.29) is 17.8 Å². The molecule has 188 valence electrons. The molecule has 0 aromatic heterocycles. The Bertz CT molecular complexity index is 1050. The van der Waals surface area contributed by atoms with E-state index in [2.05, 4.69) is 48.8 Å². The van der Waals surface area contributed by atoms with Gasteiger partial charge in [0.25, 0.3) is 0 Å². The highest BCUT2D eigenvalue weighted by molar-refractivity contribution is 9.10. The number of benzene rings is 2. The van der Waals surface area contributed by atoms with Crippen LogP contribution in [0.1, 0.15) is 44.1 Å². The number of anilines is 2. The third kappa shape index (κ3) is 5.21. The normalized spacial score (nSPS) is 21.6. The van der Waals surface area contributed by atoms with Gasteiger partial charge in [0.05, 0.1) is 18.5 Å². The molecule has 1 saturated carbocycles. The number of fused-ring (bicyclic) bond motifs is 1. The molecule has 3 aliphatic rings. The minimum absolute atomic E-state index is 0.145. The molecule has 2 heterocycles. The summed E-state index contributed by atoms with van der Waals surface area (Å²) in [6.45, 7) is 4.40. The Balaban J connectivity index is 1.31. The highest BCUT2D eigenvalue weighted by Crippen LogP contribution is 2.40. The smallest absolute Gasteiger partial charge is 0.230 e. The number of hydrogen-bond donors (Lipinski definition) is 0. The average molecular weight is 545 g/mol. The van der Waals surface area contributed by atoms with Crippen LogP contribution in [0.5, 0.6) is 5.75 Å². The van der Waals surface area contributed by atoms with E-state index in [1.54, 1.807) is 7.11 Å². The predicted octanol–water partition coefficient (Wildman–Crippen LogP) is 5.65. The largest absolute Gasteiger partial charge is 0.494 e. The number of ether oxygens (including phenoxy) is 1. The number of halogens is 2. The topological polar surface area (TPSA) is 36.0 Å². The summed E-state index contributed by atoms with van der Waals surface area (Å²) in [6.07, 6.45) is 7.59. The Morgan fingerprint density at radius 1 is 1.06 bits per heavy atom. The summed E-state index contributed by atoms with van der Waals surface area (Å²) < 4.78 is 20.1. The van der Waals surface area contributed by atoms with Crippen LogP contribution in [0.4, 0.5) is 15.8 Å². The van der Waals surface area contributed by atoms with Gasteiger partial charge >= 0.3 is 0 Å². The highest BCUT2D eigenvalue weighted by atomic mass is 79.9. The molecule has 5 rings (SSSR count). The Morgan fingerprint density at radius 2 is 1.83 bits per heavy atom. The zero-order valence-electron chi connectivity index (χ0n) is 20.5. The molecule has 35 heavy (non-hydrogen) atoms. The molecule has 2 aromatic carbocycles. The lowest BCUT2D eigenvalue weighted by Crippen LogP contribution is -2.55. The van der Waals surface area contributed by atoms with Gasteiger partial charge in [-0.3, -0.25) is 9.69 Å². The number of piperazine rings is 1. The summed E-state index contributed by atoms with van der Waals surface area (Å²) in [5.41, 5.74) is 3.31. The maximum atomic E-state index is 13.9. The first-order valence-corrected chi connectivity index (χ1v) is 13.8. The average Bonchev–Trinajstić information content (AvgIpc) is 2.89. The van der Waals surface area contributed by atoms with E-state index in [1.165, 1.54) is 24.1 Å². The van der Waals surface area contributed by atoms with Gasteiger partial charge < -0.3 is 14.5 Å². The van der Waals surface area contributed by atoms with Crippen molar-refractivity contribution in [1.82, 2.24) is 4.90 Å². The number of rotatable bonds is 5. The first-order chi connectivity index (χ1) is 17.0. The third-order valence-electron chi connectivity index (χ3n) is 7.94. The van der Waals surface area contributed by atoms with Crippen molar-refractivity contribution in [3.05, 3.63) is 52.3 Å². The van der Waals surface area contributed by atoms with Gasteiger partial charge in [-0.15, -0.1) is 0 Å². The number of methoxy groups -OCH3 is 1. The van der Waals surface area contributed by atoms with Crippen LogP contribution in [-0.2, 0) is 11.2 Å². The molecule has 0 N–H and O–H groups in total. The number of carbonyl (C=O) groups excluding carboxylic acids is 1. The zero-order chi connectivity index (χ0) is 24.4. The molecule has 7 heteroatoms. The molecule has 0 bridgehead atoms. The fourth-order valence-corrected chi connectivity index (χ4v) is 6.66. The zero-order valence-corrected chi connectivity index (χ0v) is 22.1. The van der Waals surface area contributed by atoms with E-state index >= 15 is 0 Å². The van der Waals surface area contributed by atoms with Crippen LogP contribution in [0.3, 0.4) is 0 Å². The second-order valence-corrected chi connectivity index (χ2v) is 10.9. The van der Waals surface area contributed by atoms with Gasteiger partial charge in [0.15, 0.2) is 0 Å². The van der Waals surface area contributed by atoms with Crippen molar-refractivity contribution in [3.63, 3.8) is 0 Å². The molecule has 0 spiro atoms. The van der Waals surface area contributed by atoms with Crippen molar-refractivity contribution in [2.45, 2.75) is 51.0 Å². The first-order valence-electron chi connectivity index (χ1n) is 13.0. The highest BCUT2D eigenvalue weighted by Gasteiger charge is 2.37. The van der Waals surface area contributed by atoms with Crippen LogP contribution in [-0.4, -0.2) is 56.7 Å². The Morgan fingerprint density at radius 3 is 2.57 bits per heavy atom. The lowest BCUT2D eigenvalue weighted by atomic mass is 9.86. The molecule has 1 saturated heterocycles. The van der Waals surface area contributed by atoms with Crippen molar-refractivity contribution in [1.29, 1.82) is 0 Å². The van der Waals surface area contributed by atoms with E-state index in [0.29, 0.717) is 11.7 Å². The number of amides is 1. The van der Waals surface area contributed by atoms with E-state index in [4.69, 9.17) is 4.74 Å². The van der Waals surface area contributed by atoms with Crippen LogP contribution >= 0.6 is 15.9 Å². The molecule has 2 aliphatic heterocycles. The van der Waals surface area contributed by atoms with Gasteiger partial charge in [-0.2, -0.15) is 0 Å². The van der Waals surface area contributed by atoms with Gasteiger partial charge in [0.2, 0.25) is 5.91 Å². The van der Waals surface area contributed by atoms with Gasteiger partial charge in [-0.25, -0.2) is 4.39 Å². The van der Waals surface area contributed by atoms with Crippen LogP contribution in [0.15, 0.2) is 40.9 Å². The molecule has 1 atom stereocenters. The van der Waals surface area contributed by atoms with Crippen LogP contribution in [0.2, 0.25) is 0 Å². The lowest BCUT2D eigenvalue weighted by molar-refractivity contribution is -0.124. The van der Waals surface area contributed by atoms with Gasteiger partial charge in [0, 0.05) is 55.2 Å². The van der Waals surface area contributed by atoms with Crippen molar-refractivity contribution in [2.24, 2.45) is 5.92 Å². The maximum absolute atomic E-state index is 13.9. The quantitative estimate of drug-likeness (QED) is 0.488. The number of hydrogen-bond acceptors (Lipinski definition) is 4. The molecule has 1 amide bonds. The molecule has 2 aromatic rings. The minimum atomic E-state index is -0.282. The summed E-state index contributed by atoms with van der Waals surface area (Å²) >= 11 is 3.77. The minimum Gasteiger partial charge on any atom is -0.494 e. The number of aryl methyl sites for hydroxylation is 1. The van der Waals surface area contributed by atoms with Gasteiger partial charge in [0.1, 0.15) is 11.6 Å². The second kappa shape index (κ2) is 10.9. The SMILES string of the molecule is COc1cc(F)ccc1N1CCN(CC2CCc3cccc(Br)c3N2C(=O)C2CCCCC2)CC1. The van der Waals surface area contributed by atoms with Crippen LogP contribution < -0.4 is 14.5 Å². The van der Waals surface area contributed by atoms with E-state index in [0.717, 1.165) is 87.1 Å². The first kappa shape index (κ1) is 24.6. The van der Waals surface area contributed by atoms with Gasteiger partial charge in [-0.05, 0) is 65.4 Å². The third-order valence-corrected chi connectivity index (χ3v) is 8.58. The predicted molar refractivity (Wildman–Crippen MR) is 142 cm³/mol. The maximum Gasteiger partial charge on any atom is 0.230 e. The fourth-order valence-electron chi connectivity index (χ4n) is 6.06. The summed E-state index contributed by atoms with van der Waals surface area (Å²) in [5.74, 6) is 0.761. The summed E-state index contributed by atoms with van der Waals surface area (Å²) in [4.78, 5) is 20.8. The lowest BCUT2D eigenvalue weighted by Gasteiger charge is -2.44. The summed E-state index contributed by atoms with van der Waals surface area (Å²) in [6, 6.07) is 11.3. The van der Waals surface area contributed by atoms with Crippen LogP contribution in [0, 0.1) is 11.7 Å². The fraction of sp³-hybridized carbons (Fsp3) is 0.536. The van der Waals surface area contributed by atoms with Crippen molar-refractivity contribution < 1.29 is 13.9 Å². The van der Waals surface area contributed by atoms with Crippen LogP contribution in [0.25, 0.3) is 0 Å². The van der Waals surface area contributed by atoms with E-state index in [9.17, 15) is 9.18 Å². The Hall–Kier alpha value is -2.12. The van der Waals surface area contributed by atoms with Crippen molar-refractivity contribution in [2.75, 3.05) is 49.6 Å². The Labute approximate surface area is 216 Å². The second-order valence-electron chi connectivity index (χ2n) is 10.1. The number of para-hydroxylation sites is 1.